The van der Waals surface area contributed by atoms with Crippen LogP contribution in [0.2, 0.25) is 0 Å². The first-order chi connectivity index (χ1) is 13.5. The Morgan fingerprint density at radius 2 is 1.13 bits per heavy atom. The normalized spacial score (nSPS) is 45.3. The van der Waals surface area contributed by atoms with Crippen molar-refractivity contribution in [3.05, 3.63) is 0 Å². The maximum absolute atomic E-state index is 14.1. The largest absolute Gasteiger partial charge is 0.467 e. The van der Waals surface area contributed by atoms with E-state index in [0.29, 0.717) is 0 Å². The van der Waals surface area contributed by atoms with Gasteiger partial charge in [0.2, 0.25) is 11.3 Å². The van der Waals surface area contributed by atoms with Crippen LogP contribution in [0.15, 0.2) is 0 Å². The fraction of sp³-hybridized carbons (Fsp3) is 0.850. The Hall–Kier alpha value is -1.85. The summed E-state index contributed by atoms with van der Waals surface area (Å²) in [5.41, 5.74) is -4.33. The molecule has 0 aromatic heterocycles. The molecular formula is C20H32F2O9. The number of alkyl halides is 2. The van der Waals surface area contributed by atoms with E-state index in [0.717, 1.165) is 14.2 Å². The molecule has 0 bridgehead atoms. The number of fused-ring (bicyclic) bond motifs is 2. The van der Waals surface area contributed by atoms with Crippen molar-refractivity contribution in [2.75, 3.05) is 14.2 Å². The van der Waals surface area contributed by atoms with Crippen LogP contribution < -0.4 is 0 Å². The fourth-order valence-electron chi connectivity index (χ4n) is 5.14. The van der Waals surface area contributed by atoms with E-state index in [2.05, 4.69) is 9.47 Å². The molecule has 10 atom stereocenters. The quantitative estimate of drug-likeness (QED) is 0.406. The van der Waals surface area contributed by atoms with Gasteiger partial charge in [-0.15, -0.1) is 0 Å². The number of aliphatic hydroxyl groups is 3. The van der Waals surface area contributed by atoms with Crippen LogP contribution in [-0.2, 0) is 28.6 Å². The van der Waals surface area contributed by atoms with E-state index in [1.54, 1.807) is 0 Å². The minimum atomic E-state index is -2.19. The number of ether oxygens (including phenoxy) is 3. The molecule has 4 aliphatic carbocycles. The van der Waals surface area contributed by atoms with Crippen molar-refractivity contribution in [1.29, 1.82) is 0 Å². The van der Waals surface area contributed by atoms with Gasteiger partial charge < -0.3 is 29.5 Å². The van der Waals surface area contributed by atoms with Crippen molar-refractivity contribution in [2.24, 2.45) is 23.7 Å². The number of hydrogen-bond acceptors (Lipinski definition) is 9. The number of carbonyl (C=O) groups excluding carboxylic acids is 3. The Bertz CT molecular complexity index is 703. The second-order valence-corrected chi connectivity index (χ2v) is 7.94. The van der Waals surface area contributed by atoms with E-state index < -0.39 is 77.3 Å². The molecule has 4 saturated carbocycles. The highest BCUT2D eigenvalue weighted by Crippen LogP contribution is 2.65. The third kappa shape index (κ3) is 3.91. The smallest absolute Gasteiger partial charge is 0.344 e. The van der Waals surface area contributed by atoms with Crippen molar-refractivity contribution in [3.63, 3.8) is 0 Å². The highest BCUT2D eigenvalue weighted by atomic mass is 19.2. The van der Waals surface area contributed by atoms with Crippen LogP contribution in [0.5, 0.6) is 0 Å². The zero-order valence-corrected chi connectivity index (χ0v) is 16.1. The van der Waals surface area contributed by atoms with Crippen LogP contribution in [0.3, 0.4) is 0 Å². The van der Waals surface area contributed by atoms with Crippen molar-refractivity contribution in [3.8, 4) is 0 Å². The van der Waals surface area contributed by atoms with Crippen molar-refractivity contribution >= 4 is 17.9 Å². The summed E-state index contributed by atoms with van der Waals surface area (Å²) in [5, 5.41) is 28.1. The molecule has 3 N–H and O–H groups in total. The molecule has 4 rings (SSSR count). The minimum absolute atomic E-state index is 0. The molecule has 31 heavy (non-hydrogen) atoms. The number of methoxy groups -OCH3 is 2. The molecular weight excluding hydrogens is 422 g/mol. The van der Waals surface area contributed by atoms with E-state index in [1.807, 2.05) is 0 Å². The zero-order chi connectivity index (χ0) is 21.9. The highest BCUT2D eigenvalue weighted by Gasteiger charge is 2.81. The number of aliphatic hydroxyl groups excluding tert-OH is 3. The van der Waals surface area contributed by atoms with Crippen molar-refractivity contribution in [2.45, 2.75) is 70.4 Å². The van der Waals surface area contributed by atoms with Gasteiger partial charge in [0.05, 0.1) is 38.4 Å². The zero-order valence-electron chi connectivity index (χ0n) is 16.1. The van der Waals surface area contributed by atoms with Crippen LogP contribution in [0.4, 0.5) is 8.78 Å². The molecule has 0 radical (unpaired) electrons. The first kappa shape index (κ1) is 27.2. The van der Waals surface area contributed by atoms with Gasteiger partial charge in [-0.3, -0.25) is 4.79 Å². The van der Waals surface area contributed by atoms with Gasteiger partial charge in [-0.2, -0.15) is 0 Å². The molecule has 0 aliphatic heterocycles. The SMILES string of the molecule is C.C.COC(=O)C1(F)[C@@H]2[C@H]1[C@@H](O)C[C@H]2O.COC(=O)[C@]1(F)[C@@H]2[C@H]1[C@@H](O)C[C@H]2OC(C)=O. The highest BCUT2D eigenvalue weighted by molar-refractivity contribution is 5.86. The van der Waals surface area contributed by atoms with Crippen LogP contribution in [-0.4, -0.2) is 83.2 Å². The van der Waals surface area contributed by atoms with Crippen molar-refractivity contribution < 1.29 is 52.7 Å². The first-order valence-corrected chi connectivity index (χ1v) is 9.22. The molecule has 4 aliphatic rings. The maximum atomic E-state index is 14.1. The van der Waals surface area contributed by atoms with Crippen LogP contribution in [0.1, 0.15) is 34.6 Å². The molecule has 180 valence electrons. The lowest BCUT2D eigenvalue weighted by atomic mass is 10.1. The predicted molar refractivity (Wildman–Crippen MR) is 102 cm³/mol. The minimum Gasteiger partial charge on any atom is -0.467 e. The number of rotatable bonds is 3. The number of hydrogen-bond donors (Lipinski definition) is 3. The second kappa shape index (κ2) is 8.95. The summed E-state index contributed by atoms with van der Waals surface area (Å²) in [6.07, 6.45) is -3.22. The van der Waals surface area contributed by atoms with E-state index in [1.165, 1.54) is 6.92 Å². The van der Waals surface area contributed by atoms with Gasteiger partial charge in [0, 0.05) is 37.5 Å². The molecule has 9 nitrogen and oxygen atoms in total. The monoisotopic (exact) mass is 454 g/mol. The Kier molecular flexibility index (Phi) is 7.85. The van der Waals surface area contributed by atoms with Gasteiger partial charge >= 0.3 is 17.9 Å². The Morgan fingerprint density at radius 3 is 1.52 bits per heavy atom. The van der Waals surface area contributed by atoms with Crippen LogP contribution >= 0.6 is 0 Å². The van der Waals surface area contributed by atoms with Gasteiger partial charge in [-0.05, 0) is 0 Å². The Morgan fingerprint density at radius 1 is 0.774 bits per heavy atom. The summed E-state index contributed by atoms with van der Waals surface area (Å²) in [4.78, 5) is 33.0. The number of halogens is 2. The summed E-state index contributed by atoms with van der Waals surface area (Å²) in [6, 6.07) is 0. The van der Waals surface area contributed by atoms with Crippen LogP contribution in [0.25, 0.3) is 0 Å². The maximum Gasteiger partial charge on any atom is 0.344 e. The third-order valence-electron chi connectivity index (χ3n) is 6.41. The van der Waals surface area contributed by atoms with Gasteiger partial charge in [0.1, 0.15) is 6.10 Å². The first-order valence-electron chi connectivity index (χ1n) is 9.22. The molecule has 11 heteroatoms. The lowest BCUT2D eigenvalue weighted by molar-refractivity contribution is -0.157. The average molecular weight is 454 g/mol. The third-order valence-corrected chi connectivity index (χ3v) is 6.41. The summed E-state index contributed by atoms with van der Waals surface area (Å²) in [6.45, 7) is 1.21. The predicted octanol–water partition coefficient (Wildman–Crippen LogP) is 0.321. The van der Waals surface area contributed by atoms with Crippen LogP contribution in [0, 0.1) is 23.7 Å². The van der Waals surface area contributed by atoms with Crippen molar-refractivity contribution in [1.82, 2.24) is 0 Å². The lowest BCUT2D eigenvalue weighted by Gasteiger charge is -2.18. The van der Waals surface area contributed by atoms with E-state index >= 15 is 0 Å². The van der Waals surface area contributed by atoms with Gasteiger partial charge in [0.15, 0.2) is 0 Å². The Balaban J connectivity index is 0.000000296. The molecule has 4 fully saturated rings. The second-order valence-electron chi connectivity index (χ2n) is 7.94. The lowest BCUT2D eigenvalue weighted by Crippen LogP contribution is -2.34. The number of carbonyl (C=O) groups is 3. The summed E-state index contributed by atoms with van der Waals surface area (Å²) in [5.74, 6) is -5.64. The molecule has 0 amide bonds. The summed E-state index contributed by atoms with van der Waals surface area (Å²) >= 11 is 0. The van der Waals surface area contributed by atoms with Gasteiger partial charge in [-0.1, -0.05) is 14.9 Å². The number of esters is 3. The van der Waals surface area contributed by atoms with Gasteiger partial charge in [-0.25, -0.2) is 18.4 Å². The Labute approximate surface area is 179 Å². The standard InChI is InChI=1S/C10H13FO5.C8H11FO4.2CH4/c1-4(12)16-6-3-5(13)7-8(6)10(7,11)9(14)15-2;1-13-7(12)8(9)5-3(10)2-4(11)6(5)8;;/h5-8,13H,3H2,1-2H3;3-6,10-11H,2H2,1H3;2*1H4/t5-,6+,7+,8-,10+;3-,4+,5+,6-,8?;;/m0.../s1. The molecule has 0 heterocycles. The van der Waals surface area contributed by atoms with Gasteiger partial charge in [0.25, 0.3) is 0 Å². The summed E-state index contributed by atoms with van der Waals surface area (Å²) < 4.78 is 41.3. The van der Waals surface area contributed by atoms with E-state index in [-0.39, 0.29) is 27.7 Å². The molecule has 0 aromatic rings. The molecule has 0 spiro atoms. The topological polar surface area (TPSA) is 140 Å². The molecule has 0 aromatic carbocycles. The van der Waals surface area contributed by atoms with E-state index in [4.69, 9.17) is 4.74 Å². The molecule has 0 saturated heterocycles. The summed E-state index contributed by atoms with van der Waals surface area (Å²) in [7, 11) is 2.18. The average Bonchev–Trinajstić information content (AvgIpc) is 3.38. The van der Waals surface area contributed by atoms with E-state index in [9.17, 15) is 38.5 Å². The molecule has 1 unspecified atom stereocenters. The fourth-order valence-corrected chi connectivity index (χ4v) is 5.14.